The van der Waals surface area contributed by atoms with Crippen molar-refractivity contribution in [3.05, 3.63) is 70.0 Å². The van der Waals surface area contributed by atoms with Crippen LogP contribution in [0.25, 0.3) is 5.70 Å². The first-order valence-corrected chi connectivity index (χ1v) is 10.5. The second-order valence-corrected chi connectivity index (χ2v) is 8.64. The van der Waals surface area contributed by atoms with Crippen LogP contribution in [-0.2, 0) is 4.79 Å². The number of nitrogens with one attached hydrogen (secondary N) is 1. The summed E-state index contributed by atoms with van der Waals surface area (Å²) < 4.78 is 22.0. The van der Waals surface area contributed by atoms with E-state index >= 15 is 0 Å². The number of hydrogen-bond acceptors (Lipinski definition) is 4. The third kappa shape index (κ3) is 3.04. The lowest BCUT2D eigenvalue weighted by atomic mass is 9.92. The van der Waals surface area contributed by atoms with Crippen LogP contribution in [0.15, 0.2) is 53.0 Å². The molecule has 1 saturated heterocycles. The second kappa shape index (κ2) is 6.85. The van der Waals surface area contributed by atoms with Crippen molar-refractivity contribution in [2.24, 2.45) is 0 Å². The van der Waals surface area contributed by atoms with E-state index in [1.807, 2.05) is 29.2 Å². The lowest BCUT2D eigenvalue weighted by Gasteiger charge is -2.51. The number of carbonyl (C=O) groups is 1. The standard InChI is InChI=1S/C22H21BrFN3O2/c1-14(28)26-10-8-22(9-11-26)27-20(17-12-15(23)6-7-21(17)29-22)13-19(25-27)16-4-2-3-5-18(16)24/h2-7,12-13,20,25H,8-11H2,1H3/t20-/m1/s1. The highest BCUT2D eigenvalue weighted by molar-refractivity contribution is 9.10. The van der Waals surface area contributed by atoms with Gasteiger partial charge in [0.1, 0.15) is 11.6 Å². The van der Waals surface area contributed by atoms with Crippen LogP contribution in [0, 0.1) is 5.82 Å². The summed E-state index contributed by atoms with van der Waals surface area (Å²) in [4.78, 5) is 13.7. The zero-order valence-electron chi connectivity index (χ0n) is 16.0. The topological polar surface area (TPSA) is 44.8 Å². The predicted molar refractivity (Wildman–Crippen MR) is 111 cm³/mol. The molecule has 1 spiro atoms. The van der Waals surface area contributed by atoms with Gasteiger partial charge < -0.3 is 15.1 Å². The zero-order valence-corrected chi connectivity index (χ0v) is 17.6. The third-order valence-electron chi connectivity index (χ3n) is 6.03. The van der Waals surface area contributed by atoms with Crippen molar-refractivity contribution in [1.29, 1.82) is 0 Å². The molecule has 29 heavy (non-hydrogen) atoms. The third-order valence-corrected chi connectivity index (χ3v) is 6.52. The summed E-state index contributed by atoms with van der Waals surface area (Å²) in [5.74, 6) is 0.650. The largest absolute Gasteiger partial charge is 0.470 e. The van der Waals surface area contributed by atoms with E-state index in [1.165, 1.54) is 6.07 Å². The van der Waals surface area contributed by atoms with Gasteiger partial charge >= 0.3 is 0 Å². The molecule has 1 amide bonds. The number of nitrogens with zero attached hydrogens (tertiary/aromatic N) is 2. The number of halogens is 2. The Morgan fingerprint density at radius 2 is 2.00 bits per heavy atom. The van der Waals surface area contributed by atoms with Gasteiger partial charge in [0.2, 0.25) is 5.91 Å². The Balaban J connectivity index is 1.56. The van der Waals surface area contributed by atoms with Crippen LogP contribution in [0.5, 0.6) is 5.75 Å². The molecule has 3 aliphatic rings. The number of hydrazine groups is 1. The predicted octanol–water partition coefficient (Wildman–Crippen LogP) is 4.22. The van der Waals surface area contributed by atoms with Crippen LogP contribution in [0.3, 0.4) is 0 Å². The molecule has 0 bridgehead atoms. The number of piperidine rings is 1. The van der Waals surface area contributed by atoms with Gasteiger partial charge in [0.05, 0.1) is 11.7 Å². The Labute approximate surface area is 177 Å². The minimum Gasteiger partial charge on any atom is -0.470 e. The van der Waals surface area contributed by atoms with E-state index in [0.29, 0.717) is 31.5 Å². The molecule has 0 unspecified atom stereocenters. The average molecular weight is 458 g/mol. The molecule has 2 aromatic carbocycles. The smallest absolute Gasteiger partial charge is 0.219 e. The summed E-state index contributed by atoms with van der Waals surface area (Å²) in [7, 11) is 0. The average Bonchev–Trinajstić information content (AvgIpc) is 3.16. The quantitative estimate of drug-likeness (QED) is 0.695. The molecule has 5 nitrogen and oxygen atoms in total. The normalized spacial score (nSPS) is 22.4. The first kappa shape index (κ1) is 18.6. The number of fused-ring (bicyclic) bond motifs is 4. The zero-order chi connectivity index (χ0) is 20.2. The summed E-state index contributed by atoms with van der Waals surface area (Å²) in [5, 5.41) is 2.10. The van der Waals surface area contributed by atoms with Crippen LogP contribution < -0.4 is 10.2 Å². The van der Waals surface area contributed by atoms with Crippen LogP contribution in [0.2, 0.25) is 0 Å². The molecular formula is C22H21BrFN3O2. The van der Waals surface area contributed by atoms with E-state index in [9.17, 15) is 9.18 Å². The van der Waals surface area contributed by atoms with Gasteiger partial charge in [-0.2, -0.15) is 5.01 Å². The Kier molecular flexibility index (Phi) is 4.40. The molecule has 0 aromatic heterocycles. The lowest BCUT2D eigenvalue weighted by Crippen LogP contribution is -2.64. The van der Waals surface area contributed by atoms with E-state index in [-0.39, 0.29) is 17.8 Å². The van der Waals surface area contributed by atoms with Crippen molar-refractivity contribution >= 4 is 27.5 Å². The van der Waals surface area contributed by atoms with Crippen molar-refractivity contribution in [2.45, 2.75) is 31.5 Å². The van der Waals surface area contributed by atoms with Gasteiger partial charge in [0.25, 0.3) is 0 Å². The summed E-state index contributed by atoms with van der Waals surface area (Å²) in [5.41, 5.74) is 5.13. The molecule has 0 aliphatic carbocycles. The van der Waals surface area contributed by atoms with Crippen molar-refractivity contribution in [2.75, 3.05) is 13.1 Å². The van der Waals surface area contributed by atoms with Gasteiger partial charge in [-0.1, -0.05) is 28.1 Å². The van der Waals surface area contributed by atoms with E-state index in [0.717, 1.165) is 21.5 Å². The molecule has 2 aromatic rings. The highest BCUT2D eigenvalue weighted by Crippen LogP contribution is 2.49. The molecular weight excluding hydrogens is 437 g/mol. The fourth-order valence-electron chi connectivity index (χ4n) is 4.49. The first-order chi connectivity index (χ1) is 14.0. The molecule has 5 rings (SSSR count). The summed E-state index contributed by atoms with van der Waals surface area (Å²) in [6.45, 7) is 2.85. The van der Waals surface area contributed by atoms with E-state index in [4.69, 9.17) is 4.74 Å². The SMILES string of the molecule is CC(=O)N1CCC2(CC1)Oc1ccc(Br)cc1[C@H]1C=C(c3ccccc3F)NN12. The number of rotatable bonds is 1. The molecule has 7 heteroatoms. The Hall–Kier alpha value is -2.38. The number of likely N-dealkylation sites (tertiary alicyclic amines) is 1. The van der Waals surface area contributed by atoms with Crippen LogP contribution in [0.1, 0.15) is 36.9 Å². The van der Waals surface area contributed by atoms with Crippen molar-refractivity contribution in [3.8, 4) is 5.75 Å². The summed E-state index contributed by atoms with van der Waals surface area (Å²) >= 11 is 3.55. The maximum absolute atomic E-state index is 14.5. The maximum atomic E-state index is 14.5. The second-order valence-electron chi connectivity index (χ2n) is 7.72. The highest BCUT2D eigenvalue weighted by atomic mass is 79.9. The number of carbonyl (C=O) groups excluding carboxylic acids is 1. The molecule has 3 aliphatic heterocycles. The fraction of sp³-hybridized carbons (Fsp3) is 0.318. The van der Waals surface area contributed by atoms with E-state index < -0.39 is 5.72 Å². The maximum Gasteiger partial charge on any atom is 0.219 e. The monoisotopic (exact) mass is 457 g/mol. The van der Waals surface area contributed by atoms with E-state index in [2.05, 4.69) is 32.4 Å². The van der Waals surface area contributed by atoms with Crippen LogP contribution in [0.4, 0.5) is 4.39 Å². The van der Waals surface area contributed by atoms with Crippen LogP contribution in [-0.4, -0.2) is 34.6 Å². The molecule has 0 saturated carbocycles. The molecule has 1 atom stereocenters. The first-order valence-electron chi connectivity index (χ1n) is 9.73. The summed E-state index contributed by atoms with van der Waals surface area (Å²) in [6.07, 6.45) is 3.40. The number of hydrogen-bond donors (Lipinski definition) is 1. The van der Waals surface area contributed by atoms with Crippen molar-refractivity contribution in [1.82, 2.24) is 15.3 Å². The van der Waals surface area contributed by atoms with Crippen molar-refractivity contribution < 1.29 is 13.9 Å². The molecule has 0 radical (unpaired) electrons. The lowest BCUT2D eigenvalue weighted by molar-refractivity contribution is -0.165. The fourth-order valence-corrected chi connectivity index (χ4v) is 4.87. The van der Waals surface area contributed by atoms with Gasteiger partial charge in [-0.3, -0.25) is 4.79 Å². The number of benzene rings is 2. The Bertz CT molecular complexity index is 1020. The van der Waals surface area contributed by atoms with Gasteiger partial charge in [-0.15, -0.1) is 0 Å². The highest BCUT2D eigenvalue weighted by Gasteiger charge is 2.52. The Morgan fingerprint density at radius 1 is 1.24 bits per heavy atom. The number of amides is 1. The van der Waals surface area contributed by atoms with Gasteiger partial charge in [0, 0.05) is 48.5 Å². The number of ether oxygens (including phenoxy) is 1. The van der Waals surface area contributed by atoms with Gasteiger partial charge in [-0.05, 0) is 36.4 Å². The van der Waals surface area contributed by atoms with Gasteiger partial charge in [-0.25, -0.2) is 4.39 Å². The minimum absolute atomic E-state index is 0.0797. The van der Waals surface area contributed by atoms with Crippen molar-refractivity contribution in [3.63, 3.8) is 0 Å². The van der Waals surface area contributed by atoms with Gasteiger partial charge in [0.15, 0.2) is 5.72 Å². The molecule has 1 fully saturated rings. The van der Waals surface area contributed by atoms with E-state index in [1.54, 1.807) is 19.1 Å². The van der Waals surface area contributed by atoms with Crippen LogP contribution >= 0.6 is 15.9 Å². The molecule has 1 N–H and O–H groups in total. The minimum atomic E-state index is -0.596. The Morgan fingerprint density at radius 3 is 2.72 bits per heavy atom. The molecule has 3 heterocycles. The summed E-state index contributed by atoms with van der Waals surface area (Å²) in [6, 6.07) is 12.7. The molecule has 150 valence electrons.